The Morgan fingerprint density at radius 2 is 2.14 bits per heavy atom. The molecular formula is C10H7FS3. The lowest BCUT2D eigenvalue weighted by atomic mass is 10.00. The molecule has 1 aromatic rings. The number of hydrogen-bond acceptors (Lipinski definition) is 3. The zero-order chi connectivity index (χ0) is 10.0. The lowest BCUT2D eigenvalue weighted by molar-refractivity contribution is 0.609. The minimum absolute atomic E-state index is 0.201. The summed E-state index contributed by atoms with van der Waals surface area (Å²) in [6, 6.07) is 6.76. The molecule has 0 aliphatic carbocycles. The van der Waals surface area contributed by atoms with E-state index in [0.717, 1.165) is 0 Å². The molecule has 1 atom stereocenters. The molecule has 0 aromatic heterocycles. The van der Waals surface area contributed by atoms with Crippen molar-refractivity contribution >= 4 is 39.2 Å². The summed E-state index contributed by atoms with van der Waals surface area (Å²) in [6.45, 7) is 0. The second-order valence-corrected chi connectivity index (χ2v) is 5.49. The molecule has 1 aliphatic rings. The summed E-state index contributed by atoms with van der Waals surface area (Å²) < 4.78 is 13.1. The first-order valence-electron chi connectivity index (χ1n) is 4.02. The number of halogens is 1. The van der Waals surface area contributed by atoms with E-state index in [1.54, 1.807) is 39.1 Å². The Morgan fingerprint density at radius 3 is 2.71 bits per heavy atom. The summed E-state index contributed by atoms with van der Waals surface area (Å²) >= 11 is 4.99. The van der Waals surface area contributed by atoms with Gasteiger partial charge in [-0.25, -0.2) is 4.39 Å². The van der Waals surface area contributed by atoms with Crippen molar-refractivity contribution in [2.45, 2.75) is 4.75 Å². The van der Waals surface area contributed by atoms with Gasteiger partial charge in [-0.3, -0.25) is 0 Å². The third kappa shape index (κ3) is 1.62. The normalized spacial score (nSPS) is 25.2. The van der Waals surface area contributed by atoms with Crippen LogP contribution in [0.1, 0.15) is 5.56 Å². The van der Waals surface area contributed by atoms with Gasteiger partial charge < -0.3 is 0 Å². The highest BCUT2D eigenvalue weighted by Gasteiger charge is 2.33. The number of hydrogen-bond donors (Lipinski definition) is 0. The van der Waals surface area contributed by atoms with Crippen molar-refractivity contribution in [2.75, 3.05) is 0 Å². The van der Waals surface area contributed by atoms with Crippen LogP contribution in [0, 0.1) is 5.82 Å². The zero-order valence-electron chi connectivity index (χ0n) is 7.14. The Labute approximate surface area is 95.4 Å². The summed E-state index contributed by atoms with van der Waals surface area (Å²) in [6.07, 6.45) is 1.94. The summed E-state index contributed by atoms with van der Waals surface area (Å²) in [5.41, 5.74) is 0.640. The fourth-order valence-electron chi connectivity index (χ4n) is 1.30. The second-order valence-electron chi connectivity index (χ2n) is 2.87. The molecule has 1 unspecified atom stereocenters. The Balaban J connectivity index is 2.52. The van der Waals surface area contributed by atoms with Crippen LogP contribution in [0.3, 0.4) is 0 Å². The Morgan fingerprint density at radius 1 is 1.36 bits per heavy atom. The van der Waals surface area contributed by atoms with E-state index in [1.807, 2.05) is 17.6 Å². The predicted molar refractivity (Wildman–Crippen MR) is 66.1 cm³/mol. The first kappa shape index (κ1) is 10.2. The molecule has 0 N–H and O–H groups in total. The lowest BCUT2D eigenvalue weighted by Crippen LogP contribution is -2.18. The summed E-state index contributed by atoms with van der Waals surface area (Å²) in [5, 5.41) is 3.56. The second kappa shape index (κ2) is 4.04. The molecule has 0 saturated carbocycles. The fourth-order valence-corrected chi connectivity index (χ4v) is 4.21. The van der Waals surface area contributed by atoms with Crippen LogP contribution in [0.4, 0.5) is 4.39 Å². The van der Waals surface area contributed by atoms with Gasteiger partial charge in [-0.05, 0) is 11.5 Å². The molecular weight excluding hydrogens is 235 g/mol. The van der Waals surface area contributed by atoms with Crippen LogP contribution >= 0.6 is 33.8 Å². The smallest absolute Gasteiger partial charge is 0.128 e. The molecule has 2 rings (SSSR count). The average Bonchev–Trinajstić information content (AvgIpc) is 2.68. The van der Waals surface area contributed by atoms with Gasteiger partial charge in [0.05, 0.1) is 0 Å². The van der Waals surface area contributed by atoms with E-state index in [1.165, 1.54) is 6.07 Å². The van der Waals surface area contributed by atoms with Crippen molar-refractivity contribution in [3.63, 3.8) is 0 Å². The van der Waals surface area contributed by atoms with Crippen molar-refractivity contribution in [1.29, 1.82) is 0 Å². The van der Waals surface area contributed by atoms with E-state index in [0.29, 0.717) is 5.56 Å². The van der Waals surface area contributed by atoms with Crippen molar-refractivity contribution in [1.82, 2.24) is 0 Å². The van der Waals surface area contributed by atoms with Crippen LogP contribution in [0.5, 0.6) is 0 Å². The molecule has 0 radical (unpaired) electrons. The maximum absolute atomic E-state index is 13.6. The van der Waals surface area contributed by atoms with Crippen LogP contribution in [-0.4, -0.2) is 5.37 Å². The third-order valence-electron chi connectivity index (χ3n) is 2.03. The SMILES string of the molecule is Fc1ccccc1C1(C=S)C=CSS1. The standard InChI is InChI=1S/C10H7FS3/c11-9-4-2-1-3-8(9)10(7-12)5-6-13-14-10/h1-7H. The highest BCUT2D eigenvalue weighted by molar-refractivity contribution is 8.78. The lowest BCUT2D eigenvalue weighted by Gasteiger charge is -2.20. The van der Waals surface area contributed by atoms with Gasteiger partial charge in [-0.1, -0.05) is 58.1 Å². The number of rotatable bonds is 2. The average molecular weight is 242 g/mol. The van der Waals surface area contributed by atoms with Crippen LogP contribution in [0.25, 0.3) is 0 Å². The molecule has 0 amide bonds. The number of benzene rings is 1. The van der Waals surface area contributed by atoms with Gasteiger partial charge >= 0.3 is 0 Å². The minimum Gasteiger partial charge on any atom is -0.207 e. The highest BCUT2D eigenvalue weighted by atomic mass is 33.1. The van der Waals surface area contributed by atoms with Gasteiger partial charge in [-0.2, -0.15) is 0 Å². The van der Waals surface area contributed by atoms with Crippen molar-refractivity contribution in [2.24, 2.45) is 0 Å². The topological polar surface area (TPSA) is 0 Å². The van der Waals surface area contributed by atoms with Crippen molar-refractivity contribution in [3.8, 4) is 0 Å². The van der Waals surface area contributed by atoms with Gasteiger partial charge in [0.25, 0.3) is 0 Å². The molecule has 1 heterocycles. The minimum atomic E-state index is -0.467. The van der Waals surface area contributed by atoms with Crippen molar-refractivity contribution in [3.05, 3.63) is 47.1 Å². The van der Waals surface area contributed by atoms with Crippen LogP contribution in [0.15, 0.2) is 35.7 Å². The summed E-state index contributed by atoms with van der Waals surface area (Å²) in [7, 11) is 3.14. The molecule has 0 nitrogen and oxygen atoms in total. The Bertz CT molecular complexity index is 389. The molecule has 0 fully saturated rings. The van der Waals surface area contributed by atoms with Gasteiger partial charge in [0.2, 0.25) is 0 Å². The van der Waals surface area contributed by atoms with Gasteiger partial charge in [0, 0.05) is 10.9 Å². The van der Waals surface area contributed by atoms with Crippen LogP contribution < -0.4 is 0 Å². The van der Waals surface area contributed by atoms with E-state index in [4.69, 9.17) is 12.2 Å². The molecule has 72 valence electrons. The van der Waals surface area contributed by atoms with E-state index in [9.17, 15) is 4.39 Å². The first-order valence-corrected chi connectivity index (χ1v) is 6.70. The van der Waals surface area contributed by atoms with E-state index < -0.39 is 4.75 Å². The maximum atomic E-state index is 13.6. The fraction of sp³-hybridized carbons (Fsp3) is 0.100. The summed E-state index contributed by atoms with van der Waals surface area (Å²) in [5.74, 6) is -0.201. The zero-order valence-corrected chi connectivity index (χ0v) is 9.59. The van der Waals surface area contributed by atoms with Crippen molar-refractivity contribution < 1.29 is 4.39 Å². The molecule has 0 bridgehead atoms. The largest absolute Gasteiger partial charge is 0.207 e. The third-order valence-corrected chi connectivity index (χ3v) is 5.09. The highest BCUT2D eigenvalue weighted by Crippen LogP contribution is 2.50. The number of thiocarbonyl (C=S) groups is 1. The molecule has 14 heavy (non-hydrogen) atoms. The van der Waals surface area contributed by atoms with E-state index in [2.05, 4.69) is 0 Å². The maximum Gasteiger partial charge on any atom is 0.128 e. The Kier molecular flexibility index (Phi) is 2.95. The van der Waals surface area contributed by atoms with Gasteiger partial charge in [0.15, 0.2) is 0 Å². The quantitative estimate of drug-likeness (QED) is 0.569. The van der Waals surface area contributed by atoms with E-state index >= 15 is 0 Å². The molecule has 0 saturated heterocycles. The van der Waals surface area contributed by atoms with Crippen LogP contribution in [0.2, 0.25) is 0 Å². The van der Waals surface area contributed by atoms with Crippen LogP contribution in [-0.2, 0) is 4.75 Å². The van der Waals surface area contributed by atoms with Gasteiger partial charge in [-0.15, -0.1) is 0 Å². The molecule has 1 aliphatic heterocycles. The first-order chi connectivity index (χ1) is 6.78. The Hall–Kier alpha value is -0.320. The van der Waals surface area contributed by atoms with Gasteiger partial charge in [0.1, 0.15) is 10.6 Å². The molecule has 1 aromatic carbocycles. The van der Waals surface area contributed by atoms with E-state index in [-0.39, 0.29) is 5.82 Å². The monoisotopic (exact) mass is 242 g/mol. The predicted octanol–water partition coefficient (Wildman–Crippen LogP) is 3.93. The summed E-state index contributed by atoms with van der Waals surface area (Å²) in [4.78, 5) is 0. The molecule has 0 spiro atoms. The molecule has 4 heteroatoms.